The molecule has 0 aliphatic carbocycles. The first kappa shape index (κ1) is 22.7. The van der Waals surface area contributed by atoms with Crippen molar-refractivity contribution in [3.05, 3.63) is 40.4 Å². The van der Waals surface area contributed by atoms with Crippen molar-refractivity contribution in [2.45, 2.75) is 44.1 Å². The summed E-state index contributed by atoms with van der Waals surface area (Å²) in [5, 5.41) is -0.228. The number of fused-ring (bicyclic) bond motifs is 1. The molecule has 0 N–H and O–H groups in total. The van der Waals surface area contributed by atoms with Crippen LogP contribution in [-0.4, -0.2) is 59.2 Å². The zero-order chi connectivity index (χ0) is 22.8. The molecule has 2 atom stereocenters. The van der Waals surface area contributed by atoms with E-state index in [1.54, 1.807) is 0 Å². The lowest BCUT2D eigenvalue weighted by molar-refractivity contribution is -0.137. The summed E-state index contributed by atoms with van der Waals surface area (Å²) in [6.07, 6.45) is -3.19. The smallest absolute Gasteiger partial charge is 0.416 e. The molecule has 8 nitrogen and oxygen atoms in total. The number of nitrogens with zero attached hydrogens (tertiary/aromatic N) is 3. The number of ether oxygens (including phenoxy) is 2. The van der Waals surface area contributed by atoms with Gasteiger partial charge in [-0.1, -0.05) is 0 Å². The van der Waals surface area contributed by atoms with E-state index in [1.165, 1.54) is 19.1 Å². The summed E-state index contributed by atoms with van der Waals surface area (Å²) in [4.78, 5) is 42.9. The maximum Gasteiger partial charge on any atom is 0.416 e. The third-order valence-corrected chi connectivity index (χ3v) is 5.36. The van der Waals surface area contributed by atoms with E-state index in [0.29, 0.717) is 19.4 Å². The molecule has 1 saturated heterocycles. The molecule has 1 aromatic carbocycles. The number of rotatable bonds is 5. The number of amides is 1. The standard InChI is InChI=1S/C20H22F3N3O5/c1-30-17-4-3-7-26(19(29)31-2)16(17)9-13(27)10-25-11-24-15-6-5-12(20(21,22)23)8-14(15)18(25)28/h5-6,8,11,16-17H,3-4,7,9-10H2,1-2H3/t16-,17+/m1/s1. The Hall–Kier alpha value is -2.95. The van der Waals surface area contributed by atoms with Crippen molar-refractivity contribution >= 4 is 22.8 Å². The van der Waals surface area contributed by atoms with Gasteiger partial charge in [-0.05, 0) is 31.0 Å². The third kappa shape index (κ3) is 4.87. The molecule has 0 radical (unpaired) electrons. The zero-order valence-electron chi connectivity index (χ0n) is 17.0. The number of halogens is 3. The Morgan fingerprint density at radius 2 is 2.00 bits per heavy atom. The van der Waals surface area contributed by atoms with Gasteiger partial charge in [0.05, 0.1) is 48.6 Å². The molecule has 1 aliphatic rings. The van der Waals surface area contributed by atoms with Gasteiger partial charge in [0.25, 0.3) is 5.56 Å². The number of hydrogen-bond donors (Lipinski definition) is 0. The summed E-state index contributed by atoms with van der Waals surface area (Å²) in [5.41, 5.74) is -1.62. The molecule has 2 aromatic rings. The number of carbonyl (C=O) groups excluding carboxylic acids is 2. The highest BCUT2D eigenvalue weighted by Crippen LogP contribution is 2.30. The number of Topliss-reactive ketones (excluding diaryl/α,β-unsaturated/α-hetero) is 1. The average molecular weight is 441 g/mol. The summed E-state index contributed by atoms with van der Waals surface area (Å²) < 4.78 is 50.1. The van der Waals surface area contributed by atoms with Crippen molar-refractivity contribution in [1.82, 2.24) is 14.5 Å². The van der Waals surface area contributed by atoms with Crippen LogP contribution < -0.4 is 5.56 Å². The van der Waals surface area contributed by atoms with Crippen molar-refractivity contribution in [2.24, 2.45) is 0 Å². The monoisotopic (exact) mass is 441 g/mol. The van der Waals surface area contributed by atoms with Gasteiger partial charge in [-0.15, -0.1) is 0 Å². The maximum atomic E-state index is 13.0. The van der Waals surface area contributed by atoms with Crippen LogP contribution in [0.5, 0.6) is 0 Å². The van der Waals surface area contributed by atoms with E-state index in [2.05, 4.69) is 4.98 Å². The lowest BCUT2D eigenvalue weighted by atomic mass is 9.94. The van der Waals surface area contributed by atoms with Crippen LogP contribution in [0.1, 0.15) is 24.8 Å². The molecule has 11 heteroatoms. The SMILES string of the molecule is COC(=O)N1CCC[C@H](OC)[C@H]1CC(=O)Cn1cnc2ccc(C(F)(F)F)cc2c1=O. The molecule has 0 spiro atoms. The molecule has 0 bridgehead atoms. The Balaban J connectivity index is 1.84. The van der Waals surface area contributed by atoms with Gasteiger partial charge in [-0.3, -0.25) is 14.2 Å². The first-order valence-corrected chi connectivity index (χ1v) is 9.61. The summed E-state index contributed by atoms with van der Waals surface area (Å²) in [6, 6.07) is 2.12. The summed E-state index contributed by atoms with van der Waals surface area (Å²) in [5.74, 6) is -0.391. The Labute approximate surface area is 175 Å². The number of methoxy groups -OCH3 is 2. The van der Waals surface area contributed by atoms with Crippen LogP contribution in [-0.2, 0) is 27.0 Å². The predicted octanol–water partition coefficient (Wildman–Crippen LogP) is 2.62. The van der Waals surface area contributed by atoms with E-state index in [0.717, 1.165) is 29.1 Å². The van der Waals surface area contributed by atoms with E-state index in [4.69, 9.17) is 9.47 Å². The average Bonchev–Trinajstić information content (AvgIpc) is 2.74. The van der Waals surface area contributed by atoms with Crippen molar-refractivity contribution in [2.75, 3.05) is 20.8 Å². The summed E-state index contributed by atoms with van der Waals surface area (Å²) >= 11 is 0. The molecule has 1 fully saturated rings. The number of hydrogen-bond acceptors (Lipinski definition) is 6. The second-order valence-electron chi connectivity index (χ2n) is 7.30. The second kappa shape index (κ2) is 9.04. The lowest BCUT2D eigenvalue weighted by Crippen LogP contribution is -2.52. The van der Waals surface area contributed by atoms with Gasteiger partial charge >= 0.3 is 12.3 Å². The first-order valence-electron chi connectivity index (χ1n) is 9.61. The second-order valence-corrected chi connectivity index (χ2v) is 7.30. The van der Waals surface area contributed by atoms with Crippen LogP contribution in [0.2, 0.25) is 0 Å². The molecule has 0 unspecified atom stereocenters. The lowest BCUT2D eigenvalue weighted by Gasteiger charge is -2.39. The van der Waals surface area contributed by atoms with Crippen molar-refractivity contribution in [3.63, 3.8) is 0 Å². The van der Waals surface area contributed by atoms with Crippen LogP contribution in [0.4, 0.5) is 18.0 Å². The number of piperidine rings is 1. The molecule has 168 valence electrons. The van der Waals surface area contributed by atoms with Crippen LogP contribution in [0.15, 0.2) is 29.3 Å². The van der Waals surface area contributed by atoms with E-state index in [-0.39, 0.29) is 30.0 Å². The number of aromatic nitrogens is 2. The minimum Gasteiger partial charge on any atom is -0.453 e. The molecule has 1 aromatic heterocycles. The first-order chi connectivity index (χ1) is 14.7. The van der Waals surface area contributed by atoms with Gasteiger partial charge in [-0.25, -0.2) is 9.78 Å². The fourth-order valence-corrected chi connectivity index (χ4v) is 3.82. The quantitative estimate of drug-likeness (QED) is 0.709. The molecular formula is C20H22F3N3O5. The van der Waals surface area contributed by atoms with E-state index in [9.17, 15) is 27.6 Å². The van der Waals surface area contributed by atoms with Gasteiger partial charge in [-0.2, -0.15) is 13.2 Å². The van der Waals surface area contributed by atoms with Crippen LogP contribution >= 0.6 is 0 Å². The highest BCUT2D eigenvalue weighted by Gasteiger charge is 2.36. The van der Waals surface area contributed by atoms with Crippen LogP contribution in [0.25, 0.3) is 10.9 Å². The topological polar surface area (TPSA) is 90.7 Å². The fourth-order valence-electron chi connectivity index (χ4n) is 3.82. The van der Waals surface area contributed by atoms with Gasteiger partial charge in [0.15, 0.2) is 5.78 Å². The highest BCUT2D eigenvalue weighted by molar-refractivity contribution is 5.81. The molecule has 1 aliphatic heterocycles. The van der Waals surface area contributed by atoms with E-state index in [1.807, 2.05) is 0 Å². The largest absolute Gasteiger partial charge is 0.453 e. The summed E-state index contributed by atoms with van der Waals surface area (Å²) in [7, 11) is 2.73. The minimum atomic E-state index is -4.61. The molecule has 2 heterocycles. The molecule has 0 saturated carbocycles. The third-order valence-electron chi connectivity index (χ3n) is 5.36. The Morgan fingerprint density at radius 1 is 1.26 bits per heavy atom. The zero-order valence-corrected chi connectivity index (χ0v) is 17.0. The van der Waals surface area contributed by atoms with Crippen LogP contribution in [0, 0.1) is 0 Å². The fraction of sp³-hybridized carbons (Fsp3) is 0.500. The highest BCUT2D eigenvalue weighted by atomic mass is 19.4. The molecule has 1 amide bonds. The predicted molar refractivity (Wildman–Crippen MR) is 104 cm³/mol. The van der Waals surface area contributed by atoms with Crippen LogP contribution in [0.3, 0.4) is 0 Å². The number of likely N-dealkylation sites (tertiary alicyclic amines) is 1. The van der Waals surface area contributed by atoms with Crippen molar-refractivity contribution < 1.29 is 32.2 Å². The number of ketones is 1. The Morgan fingerprint density at radius 3 is 2.65 bits per heavy atom. The van der Waals surface area contributed by atoms with Gasteiger partial charge in [0, 0.05) is 20.1 Å². The molecule has 3 rings (SSSR count). The van der Waals surface area contributed by atoms with Gasteiger partial charge in [0.2, 0.25) is 0 Å². The van der Waals surface area contributed by atoms with Gasteiger partial charge in [0.1, 0.15) is 0 Å². The van der Waals surface area contributed by atoms with Crippen molar-refractivity contribution in [3.8, 4) is 0 Å². The maximum absolute atomic E-state index is 13.0. The molecule has 31 heavy (non-hydrogen) atoms. The van der Waals surface area contributed by atoms with Crippen molar-refractivity contribution in [1.29, 1.82) is 0 Å². The summed E-state index contributed by atoms with van der Waals surface area (Å²) in [6.45, 7) is 0.0160. The minimum absolute atomic E-state index is 0.0966. The van der Waals surface area contributed by atoms with E-state index < -0.39 is 35.2 Å². The van der Waals surface area contributed by atoms with Gasteiger partial charge < -0.3 is 14.4 Å². The van der Waals surface area contributed by atoms with E-state index >= 15 is 0 Å². The Bertz CT molecular complexity index is 1040. The number of benzene rings is 1. The number of carbonyl (C=O) groups is 2. The number of alkyl halides is 3. The normalized spacial score (nSPS) is 19.5. The Kier molecular flexibility index (Phi) is 6.63. The molecular weight excluding hydrogens is 419 g/mol.